The summed E-state index contributed by atoms with van der Waals surface area (Å²) in [7, 11) is 1.67. The first kappa shape index (κ1) is 18.8. The molecule has 0 fully saturated rings. The highest BCUT2D eigenvalue weighted by molar-refractivity contribution is 6.32. The second-order valence-corrected chi connectivity index (χ2v) is 5.36. The van der Waals surface area contributed by atoms with Crippen LogP contribution < -0.4 is 5.56 Å². The molecule has 0 N–H and O–H groups in total. The maximum Gasteiger partial charge on any atom is 0.251 e. The minimum atomic E-state index is -0.179. The maximum atomic E-state index is 11.7. The van der Waals surface area contributed by atoms with Crippen molar-refractivity contribution in [3.63, 3.8) is 0 Å². The number of allylic oxidation sites excluding steroid dienone is 6. The highest BCUT2D eigenvalue weighted by Gasteiger charge is 2.14. The fourth-order valence-electron chi connectivity index (χ4n) is 1.95. The van der Waals surface area contributed by atoms with Crippen LogP contribution in [-0.2, 0) is 11.8 Å². The van der Waals surface area contributed by atoms with Crippen LogP contribution in [0.2, 0.25) is 5.02 Å². The van der Waals surface area contributed by atoms with Gasteiger partial charge in [0.2, 0.25) is 0 Å². The highest BCUT2D eigenvalue weighted by atomic mass is 35.5. The molecule has 0 spiro atoms. The predicted molar refractivity (Wildman–Crippen MR) is 98.3 cm³/mol. The highest BCUT2D eigenvalue weighted by Crippen LogP contribution is 2.30. The van der Waals surface area contributed by atoms with E-state index in [0.29, 0.717) is 27.7 Å². The molecule has 0 radical (unpaired) electrons. The van der Waals surface area contributed by atoms with Crippen molar-refractivity contribution in [2.24, 2.45) is 7.05 Å². The fraction of sp³-hybridized carbons (Fsp3) is 0.211. The summed E-state index contributed by atoms with van der Waals surface area (Å²) in [6, 6.07) is 1.37. The second kappa shape index (κ2) is 8.39. The van der Waals surface area contributed by atoms with E-state index in [2.05, 4.69) is 13.2 Å². The van der Waals surface area contributed by atoms with Gasteiger partial charge < -0.3 is 9.30 Å². The van der Waals surface area contributed by atoms with Crippen molar-refractivity contribution in [3.8, 4) is 0 Å². The second-order valence-electron chi connectivity index (χ2n) is 4.95. The summed E-state index contributed by atoms with van der Waals surface area (Å²) in [4.78, 5) is 11.7. The molecule has 0 aromatic carbocycles. The average molecular weight is 332 g/mol. The van der Waals surface area contributed by atoms with Crippen molar-refractivity contribution in [2.45, 2.75) is 20.8 Å². The Morgan fingerprint density at radius 3 is 2.52 bits per heavy atom. The van der Waals surface area contributed by atoms with Crippen LogP contribution in [0.25, 0.3) is 5.57 Å². The number of hydrogen-bond acceptors (Lipinski definition) is 2. The van der Waals surface area contributed by atoms with Crippen molar-refractivity contribution in [1.82, 2.24) is 4.57 Å². The first-order chi connectivity index (χ1) is 10.8. The summed E-state index contributed by atoms with van der Waals surface area (Å²) in [5.74, 6) is 1.15. The van der Waals surface area contributed by atoms with E-state index in [4.69, 9.17) is 16.3 Å². The number of ether oxygens (including phenoxy) is 1. The molecule has 0 unspecified atom stereocenters. The molecule has 0 aliphatic carbocycles. The zero-order valence-corrected chi connectivity index (χ0v) is 14.8. The standard InChI is InChI=1S/C19H22ClNO2/c1-7-10-15(14(5)23-18(9-3)13(4)8-2)16-12-21(6)19(22)11-17(16)20/h7-12H,1,5H2,2-4,6H3/b13-8-,15-10+,18-9+. The number of hydrogen-bond donors (Lipinski definition) is 0. The van der Waals surface area contributed by atoms with E-state index in [-0.39, 0.29) is 5.56 Å². The molecule has 0 saturated carbocycles. The van der Waals surface area contributed by atoms with Gasteiger partial charge in [0.05, 0.1) is 5.02 Å². The molecule has 0 bridgehead atoms. The van der Waals surface area contributed by atoms with Gasteiger partial charge in [0, 0.05) is 30.4 Å². The quantitative estimate of drug-likeness (QED) is 0.542. The van der Waals surface area contributed by atoms with E-state index in [1.54, 1.807) is 25.4 Å². The van der Waals surface area contributed by atoms with E-state index in [0.717, 1.165) is 5.57 Å². The van der Waals surface area contributed by atoms with Crippen molar-refractivity contribution >= 4 is 17.2 Å². The molecule has 23 heavy (non-hydrogen) atoms. The monoisotopic (exact) mass is 331 g/mol. The van der Waals surface area contributed by atoms with Gasteiger partial charge in [0.25, 0.3) is 5.56 Å². The lowest BCUT2D eigenvalue weighted by Crippen LogP contribution is -2.16. The van der Waals surface area contributed by atoms with Gasteiger partial charge in [-0.25, -0.2) is 0 Å². The lowest BCUT2D eigenvalue weighted by molar-refractivity contribution is 0.335. The lowest BCUT2D eigenvalue weighted by atomic mass is 10.1. The van der Waals surface area contributed by atoms with Crippen LogP contribution in [0, 0.1) is 0 Å². The fourth-order valence-corrected chi connectivity index (χ4v) is 2.20. The van der Waals surface area contributed by atoms with Gasteiger partial charge >= 0.3 is 0 Å². The minimum Gasteiger partial charge on any atom is -0.457 e. The number of rotatable bonds is 6. The maximum absolute atomic E-state index is 11.7. The summed E-state index contributed by atoms with van der Waals surface area (Å²) in [5.41, 5.74) is 2.15. The van der Waals surface area contributed by atoms with E-state index >= 15 is 0 Å². The first-order valence-corrected chi connectivity index (χ1v) is 7.59. The summed E-state index contributed by atoms with van der Waals surface area (Å²) in [5, 5.41) is 0.343. The Hall–Kier alpha value is -2.26. The van der Waals surface area contributed by atoms with Gasteiger partial charge in [-0.2, -0.15) is 0 Å². The topological polar surface area (TPSA) is 31.2 Å². The van der Waals surface area contributed by atoms with Gasteiger partial charge in [0.1, 0.15) is 11.5 Å². The molecule has 1 heterocycles. The summed E-state index contributed by atoms with van der Waals surface area (Å²) in [6.45, 7) is 13.5. The third kappa shape index (κ3) is 4.60. The Kier molecular flexibility index (Phi) is 6.86. The molecule has 1 aromatic rings. The predicted octanol–water partition coefficient (Wildman–Crippen LogP) is 5.01. The molecule has 4 heteroatoms. The Balaban J connectivity index is 3.31. The van der Waals surface area contributed by atoms with E-state index < -0.39 is 0 Å². The van der Waals surface area contributed by atoms with Gasteiger partial charge in [-0.1, -0.05) is 43.0 Å². The molecule has 3 nitrogen and oxygen atoms in total. The van der Waals surface area contributed by atoms with Gasteiger partial charge in [0.15, 0.2) is 0 Å². The van der Waals surface area contributed by atoms with Crippen molar-refractivity contribution in [2.75, 3.05) is 0 Å². The van der Waals surface area contributed by atoms with Crippen molar-refractivity contribution < 1.29 is 4.74 Å². The number of halogens is 1. The molecule has 0 aliphatic rings. The van der Waals surface area contributed by atoms with E-state index in [1.165, 1.54) is 10.6 Å². The Labute approximate surface area is 142 Å². The molecule has 0 atom stereocenters. The van der Waals surface area contributed by atoms with Crippen LogP contribution in [0.4, 0.5) is 0 Å². The van der Waals surface area contributed by atoms with Crippen LogP contribution in [0.1, 0.15) is 26.3 Å². The van der Waals surface area contributed by atoms with Crippen molar-refractivity contribution in [3.05, 3.63) is 87.8 Å². The Morgan fingerprint density at radius 1 is 1.35 bits per heavy atom. The Bertz CT molecular complexity index is 764. The normalized spacial score (nSPS) is 13.0. The number of nitrogens with zero attached hydrogens (tertiary/aromatic N) is 1. The summed E-state index contributed by atoms with van der Waals surface area (Å²) in [6.07, 6.45) is 8.87. The van der Waals surface area contributed by atoms with Crippen LogP contribution in [0.15, 0.2) is 71.6 Å². The minimum absolute atomic E-state index is 0.179. The SMILES string of the molecule is C=C/C=C(\C(=C)OC(=C/C)/C(C)=C\C)c1cn(C)c(=O)cc1Cl. The molecular formula is C19H22ClNO2. The zero-order valence-electron chi connectivity index (χ0n) is 14.0. The van der Waals surface area contributed by atoms with Crippen LogP contribution in [0.5, 0.6) is 0 Å². The third-order valence-corrected chi connectivity index (χ3v) is 3.68. The number of pyridine rings is 1. The Morgan fingerprint density at radius 2 is 2.00 bits per heavy atom. The van der Waals surface area contributed by atoms with Gasteiger partial charge in [-0.15, -0.1) is 0 Å². The number of aryl methyl sites for hydroxylation is 1. The molecule has 0 amide bonds. The van der Waals surface area contributed by atoms with Crippen LogP contribution >= 0.6 is 11.6 Å². The van der Waals surface area contributed by atoms with Gasteiger partial charge in [-0.05, 0) is 32.4 Å². The van der Waals surface area contributed by atoms with E-state index in [1.807, 2.05) is 32.9 Å². The zero-order chi connectivity index (χ0) is 17.6. The molecule has 1 aromatic heterocycles. The first-order valence-electron chi connectivity index (χ1n) is 7.21. The van der Waals surface area contributed by atoms with Crippen LogP contribution in [0.3, 0.4) is 0 Å². The average Bonchev–Trinajstić information content (AvgIpc) is 2.53. The molecule has 0 saturated heterocycles. The molecular weight excluding hydrogens is 310 g/mol. The van der Waals surface area contributed by atoms with Crippen LogP contribution in [-0.4, -0.2) is 4.57 Å². The third-order valence-electron chi connectivity index (χ3n) is 3.37. The molecule has 0 aliphatic heterocycles. The largest absolute Gasteiger partial charge is 0.457 e. The smallest absolute Gasteiger partial charge is 0.251 e. The molecule has 122 valence electrons. The summed E-state index contributed by atoms with van der Waals surface area (Å²) >= 11 is 6.23. The summed E-state index contributed by atoms with van der Waals surface area (Å²) < 4.78 is 7.34. The molecule has 1 rings (SSSR count). The van der Waals surface area contributed by atoms with Crippen molar-refractivity contribution in [1.29, 1.82) is 0 Å². The van der Waals surface area contributed by atoms with Gasteiger partial charge in [-0.3, -0.25) is 4.79 Å². The number of aromatic nitrogens is 1. The lowest BCUT2D eigenvalue weighted by Gasteiger charge is -2.16. The van der Waals surface area contributed by atoms with E-state index in [9.17, 15) is 4.79 Å².